The van der Waals surface area contributed by atoms with Gasteiger partial charge in [0, 0.05) is 12.2 Å². The molecule has 6 nitrogen and oxygen atoms in total. The Morgan fingerprint density at radius 2 is 2.53 bits per heavy atom. The molecule has 2 atom stereocenters. The van der Waals surface area contributed by atoms with Crippen molar-refractivity contribution in [2.75, 3.05) is 0 Å². The van der Waals surface area contributed by atoms with Gasteiger partial charge in [0.05, 0.1) is 10.8 Å². The molecule has 0 bridgehead atoms. The minimum Gasteiger partial charge on any atom is -0.388 e. The second kappa shape index (κ2) is 4.11. The molecule has 0 saturated carbocycles. The van der Waals surface area contributed by atoms with E-state index in [4.69, 9.17) is 5.26 Å². The minimum absolute atomic E-state index is 0.104. The van der Waals surface area contributed by atoms with Crippen LogP contribution in [0.15, 0.2) is 23.9 Å². The molecule has 1 rings (SSSR count). The van der Waals surface area contributed by atoms with E-state index in [9.17, 15) is 15.2 Å². The van der Waals surface area contributed by atoms with Crippen LogP contribution in [0.5, 0.6) is 0 Å². The summed E-state index contributed by atoms with van der Waals surface area (Å²) in [4.78, 5) is 9.93. The Morgan fingerprint density at radius 1 is 1.87 bits per heavy atom. The zero-order valence-corrected chi connectivity index (χ0v) is 8.08. The number of allylic oxidation sites excluding steroid dienone is 1. The lowest BCUT2D eigenvalue weighted by molar-refractivity contribution is -0.420. The summed E-state index contributed by atoms with van der Waals surface area (Å²) in [5.41, 5.74) is -0.104. The van der Waals surface area contributed by atoms with Crippen LogP contribution in [-0.2, 0) is 4.74 Å². The number of nitrogens with zero attached hydrogens (tertiary/aromatic N) is 2. The van der Waals surface area contributed by atoms with Crippen LogP contribution in [-0.4, -0.2) is 15.8 Å². The highest BCUT2D eigenvalue weighted by Crippen LogP contribution is 2.30. The molecule has 0 aromatic carbocycles. The monoisotopic (exact) mass is 210 g/mol. The molecule has 0 aliphatic heterocycles. The highest BCUT2D eigenvalue weighted by molar-refractivity contribution is 5.23. The topological polar surface area (TPSA) is 96.4 Å². The van der Waals surface area contributed by atoms with E-state index in [0.717, 1.165) is 12.2 Å². The van der Waals surface area contributed by atoms with Crippen LogP contribution >= 0.6 is 0 Å². The number of hydrogen-bond acceptors (Lipinski definition) is 5. The molecule has 0 amide bonds. The molecule has 0 aromatic heterocycles. The molecule has 6 heteroatoms. The molecule has 0 aromatic rings. The predicted octanol–water partition coefficient (Wildman–Crippen LogP) is 0.929. The Hall–Kier alpha value is -1.87. The quantitative estimate of drug-likeness (QED) is 0.323. The first-order chi connectivity index (χ1) is 7.03. The lowest BCUT2D eigenvalue weighted by atomic mass is 9.90. The summed E-state index contributed by atoms with van der Waals surface area (Å²) in [5, 5.41) is 28.7. The third kappa shape index (κ3) is 2.14. The van der Waals surface area contributed by atoms with Crippen molar-refractivity contribution in [1.29, 1.82) is 5.26 Å². The summed E-state index contributed by atoms with van der Waals surface area (Å²) in [7, 11) is 0. The zero-order chi connectivity index (χ0) is 11.5. The van der Waals surface area contributed by atoms with Gasteiger partial charge in [-0.2, -0.15) is 5.26 Å². The molecule has 0 fully saturated rings. The van der Waals surface area contributed by atoms with Crippen LogP contribution in [0.3, 0.4) is 0 Å². The van der Waals surface area contributed by atoms with Crippen molar-refractivity contribution in [1.82, 2.24) is 0 Å². The second-order valence-corrected chi connectivity index (χ2v) is 3.14. The lowest BCUT2D eigenvalue weighted by Gasteiger charge is -2.29. The van der Waals surface area contributed by atoms with Gasteiger partial charge < -0.3 is 9.84 Å². The van der Waals surface area contributed by atoms with Crippen molar-refractivity contribution in [2.24, 2.45) is 5.92 Å². The van der Waals surface area contributed by atoms with E-state index in [2.05, 4.69) is 4.74 Å². The average Bonchev–Trinajstić information content (AvgIpc) is 2.18. The molecule has 0 heterocycles. The summed E-state index contributed by atoms with van der Waals surface area (Å²) in [6.45, 7) is 1.74. The SMILES string of the molecule is CCC1C=C([N+](=O)[O-])C=CC1(O)OC#N. The predicted molar refractivity (Wildman–Crippen MR) is 49.6 cm³/mol. The highest BCUT2D eigenvalue weighted by atomic mass is 16.6. The van der Waals surface area contributed by atoms with Crippen molar-refractivity contribution in [2.45, 2.75) is 19.1 Å². The van der Waals surface area contributed by atoms with Crippen molar-refractivity contribution < 1.29 is 14.8 Å². The maximum Gasteiger partial charge on any atom is 0.289 e. The van der Waals surface area contributed by atoms with Crippen LogP contribution in [0.4, 0.5) is 0 Å². The summed E-state index contributed by atoms with van der Waals surface area (Å²) >= 11 is 0. The Morgan fingerprint density at radius 3 is 3.00 bits per heavy atom. The van der Waals surface area contributed by atoms with Gasteiger partial charge in [-0.15, -0.1) is 0 Å². The largest absolute Gasteiger partial charge is 0.388 e. The maximum atomic E-state index is 10.5. The van der Waals surface area contributed by atoms with Gasteiger partial charge in [-0.05, 0) is 12.5 Å². The molecule has 1 N–H and O–H groups in total. The summed E-state index contributed by atoms with van der Waals surface area (Å²) < 4.78 is 4.51. The molecule has 1 aliphatic carbocycles. The van der Waals surface area contributed by atoms with E-state index >= 15 is 0 Å². The average molecular weight is 210 g/mol. The summed E-state index contributed by atoms with van der Waals surface area (Å²) in [5.74, 6) is -2.36. The van der Waals surface area contributed by atoms with Crippen molar-refractivity contribution >= 4 is 0 Å². The Balaban J connectivity index is 2.98. The van der Waals surface area contributed by atoms with Crippen molar-refractivity contribution in [3.63, 3.8) is 0 Å². The van der Waals surface area contributed by atoms with E-state index in [1.54, 1.807) is 6.92 Å². The van der Waals surface area contributed by atoms with Crippen LogP contribution in [0.1, 0.15) is 13.3 Å². The number of nitriles is 1. The number of ether oxygens (including phenoxy) is 1. The molecule has 15 heavy (non-hydrogen) atoms. The standard InChI is InChI=1S/C9H10N2O4/c1-2-7-5-8(11(13)14)3-4-9(7,12)15-6-10/h3-5,7,12H,2H2,1H3. The van der Waals surface area contributed by atoms with Gasteiger partial charge in [-0.3, -0.25) is 10.1 Å². The molecule has 0 saturated heterocycles. The summed E-state index contributed by atoms with van der Waals surface area (Å²) in [6.07, 6.45) is 5.36. The first kappa shape index (κ1) is 11.2. The normalized spacial score (nSPS) is 29.1. The first-order valence-corrected chi connectivity index (χ1v) is 4.38. The molecule has 1 aliphatic rings. The van der Waals surface area contributed by atoms with Gasteiger partial charge in [0.2, 0.25) is 5.79 Å². The van der Waals surface area contributed by atoms with E-state index < -0.39 is 16.6 Å². The highest BCUT2D eigenvalue weighted by Gasteiger charge is 2.39. The third-order valence-corrected chi connectivity index (χ3v) is 2.26. The van der Waals surface area contributed by atoms with Gasteiger partial charge >= 0.3 is 0 Å². The van der Waals surface area contributed by atoms with Gasteiger partial charge in [0.25, 0.3) is 12.0 Å². The molecular weight excluding hydrogens is 200 g/mol. The third-order valence-electron chi connectivity index (χ3n) is 2.26. The van der Waals surface area contributed by atoms with E-state index in [0.29, 0.717) is 6.42 Å². The smallest absolute Gasteiger partial charge is 0.289 e. The number of nitro groups is 1. The van der Waals surface area contributed by atoms with Crippen LogP contribution in [0.2, 0.25) is 0 Å². The number of aliphatic hydroxyl groups is 1. The van der Waals surface area contributed by atoms with Crippen LogP contribution in [0, 0.1) is 27.5 Å². The van der Waals surface area contributed by atoms with E-state index in [1.807, 2.05) is 0 Å². The zero-order valence-electron chi connectivity index (χ0n) is 8.08. The van der Waals surface area contributed by atoms with E-state index in [1.165, 1.54) is 12.3 Å². The molecular formula is C9H10N2O4. The second-order valence-electron chi connectivity index (χ2n) is 3.14. The Bertz CT molecular complexity index is 369. The number of rotatable bonds is 3. The van der Waals surface area contributed by atoms with E-state index in [-0.39, 0.29) is 5.70 Å². The first-order valence-electron chi connectivity index (χ1n) is 4.38. The Kier molecular flexibility index (Phi) is 3.07. The fraction of sp³-hybridized carbons (Fsp3) is 0.444. The lowest BCUT2D eigenvalue weighted by Crippen LogP contribution is -2.38. The summed E-state index contributed by atoms with van der Waals surface area (Å²) in [6, 6.07) is 0. The molecule has 80 valence electrons. The fourth-order valence-corrected chi connectivity index (χ4v) is 1.42. The van der Waals surface area contributed by atoms with Gasteiger partial charge in [0.15, 0.2) is 0 Å². The maximum absolute atomic E-state index is 10.5. The molecule has 0 radical (unpaired) electrons. The molecule has 0 spiro atoms. The van der Waals surface area contributed by atoms with Crippen LogP contribution in [0.25, 0.3) is 0 Å². The fourth-order valence-electron chi connectivity index (χ4n) is 1.42. The number of hydrogen-bond donors (Lipinski definition) is 1. The van der Waals surface area contributed by atoms with Gasteiger partial charge in [0.1, 0.15) is 0 Å². The van der Waals surface area contributed by atoms with Gasteiger partial charge in [-0.1, -0.05) is 6.92 Å². The van der Waals surface area contributed by atoms with Crippen LogP contribution < -0.4 is 0 Å². The van der Waals surface area contributed by atoms with Crippen molar-refractivity contribution in [3.8, 4) is 6.26 Å². The molecule has 2 unspecified atom stereocenters. The minimum atomic E-state index is -1.76. The van der Waals surface area contributed by atoms with Gasteiger partial charge in [-0.25, -0.2) is 0 Å². The van der Waals surface area contributed by atoms with Crippen molar-refractivity contribution in [3.05, 3.63) is 34.0 Å². The Labute approximate surface area is 86.2 Å².